The molecule has 0 unspecified atom stereocenters. The van der Waals surface area contributed by atoms with Crippen molar-refractivity contribution >= 4 is 16.7 Å². The fourth-order valence-corrected chi connectivity index (χ4v) is 3.39. The maximum absolute atomic E-state index is 11.8. The standard InChI is InChI=1S/C20H21N3O4/c1-13-11-16-17(7-10-26-20(16)24)22-19(13)23-8-5-14(6-9-23)27-15-3-4-18(25-2)21-12-15/h3-4,7,10-12,14H,5-6,8-9H2,1-2H3. The molecule has 4 heterocycles. The number of hydrogen-bond acceptors (Lipinski definition) is 7. The van der Waals surface area contributed by atoms with Gasteiger partial charge in [-0.1, -0.05) is 0 Å². The molecule has 0 bridgehead atoms. The predicted molar refractivity (Wildman–Crippen MR) is 102 cm³/mol. The highest BCUT2D eigenvalue weighted by Crippen LogP contribution is 2.26. The van der Waals surface area contributed by atoms with Gasteiger partial charge in [0, 0.05) is 38.1 Å². The maximum atomic E-state index is 11.8. The third kappa shape index (κ3) is 3.58. The number of pyridine rings is 2. The molecule has 0 amide bonds. The van der Waals surface area contributed by atoms with Crippen LogP contribution in [0, 0.1) is 6.92 Å². The molecule has 0 aromatic carbocycles. The molecule has 0 aliphatic carbocycles. The minimum atomic E-state index is -0.352. The van der Waals surface area contributed by atoms with Gasteiger partial charge in [-0.3, -0.25) is 0 Å². The van der Waals surface area contributed by atoms with Gasteiger partial charge in [0.05, 0.1) is 30.5 Å². The largest absolute Gasteiger partial charge is 0.489 e. The van der Waals surface area contributed by atoms with Crippen LogP contribution in [0.3, 0.4) is 0 Å². The quantitative estimate of drug-likeness (QED) is 0.701. The summed E-state index contributed by atoms with van der Waals surface area (Å²) >= 11 is 0. The lowest BCUT2D eigenvalue weighted by Gasteiger charge is -2.33. The normalized spacial score (nSPS) is 15.1. The molecule has 1 aliphatic rings. The van der Waals surface area contributed by atoms with E-state index in [9.17, 15) is 4.79 Å². The number of nitrogens with zero attached hydrogens (tertiary/aromatic N) is 3. The summed E-state index contributed by atoms with van der Waals surface area (Å²) in [4.78, 5) is 22.9. The summed E-state index contributed by atoms with van der Waals surface area (Å²) in [5, 5.41) is 0.518. The second-order valence-corrected chi connectivity index (χ2v) is 6.61. The van der Waals surface area contributed by atoms with E-state index in [0.717, 1.165) is 43.1 Å². The Morgan fingerprint density at radius 1 is 1.22 bits per heavy atom. The number of ether oxygens (including phenoxy) is 2. The first-order valence-corrected chi connectivity index (χ1v) is 8.95. The van der Waals surface area contributed by atoms with Crippen LogP contribution in [0.15, 0.2) is 45.9 Å². The van der Waals surface area contributed by atoms with Crippen LogP contribution >= 0.6 is 0 Å². The number of methoxy groups -OCH3 is 1. The first-order chi connectivity index (χ1) is 13.1. The van der Waals surface area contributed by atoms with Gasteiger partial charge < -0.3 is 18.8 Å². The van der Waals surface area contributed by atoms with Crippen molar-refractivity contribution < 1.29 is 13.9 Å². The van der Waals surface area contributed by atoms with Crippen LogP contribution in [0.1, 0.15) is 18.4 Å². The average Bonchev–Trinajstić information content (AvgIpc) is 2.70. The Labute approximate surface area is 156 Å². The van der Waals surface area contributed by atoms with Gasteiger partial charge in [0.1, 0.15) is 17.7 Å². The van der Waals surface area contributed by atoms with E-state index >= 15 is 0 Å². The molecule has 140 valence electrons. The maximum Gasteiger partial charge on any atom is 0.345 e. The van der Waals surface area contributed by atoms with Gasteiger partial charge in [0.2, 0.25) is 5.88 Å². The lowest BCUT2D eigenvalue weighted by molar-refractivity contribution is 0.170. The van der Waals surface area contributed by atoms with Crippen molar-refractivity contribution in [2.45, 2.75) is 25.9 Å². The number of anilines is 1. The van der Waals surface area contributed by atoms with Gasteiger partial charge in [0.25, 0.3) is 0 Å². The highest BCUT2D eigenvalue weighted by Gasteiger charge is 2.23. The average molecular weight is 367 g/mol. The number of aryl methyl sites for hydroxylation is 1. The zero-order valence-corrected chi connectivity index (χ0v) is 15.3. The number of fused-ring (bicyclic) bond motifs is 1. The third-order valence-corrected chi connectivity index (χ3v) is 4.80. The van der Waals surface area contributed by atoms with Gasteiger partial charge in [-0.25, -0.2) is 14.8 Å². The fourth-order valence-electron chi connectivity index (χ4n) is 3.39. The summed E-state index contributed by atoms with van der Waals surface area (Å²) in [6, 6.07) is 7.25. The monoisotopic (exact) mass is 367 g/mol. The van der Waals surface area contributed by atoms with Crippen LogP contribution in [0.2, 0.25) is 0 Å². The van der Waals surface area contributed by atoms with Crippen LogP contribution in [-0.4, -0.2) is 36.3 Å². The van der Waals surface area contributed by atoms with Gasteiger partial charge in [-0.15, -0.1) is 0 Å². The Balaban J connectivity index is 1.45. The molecule has 7 nitrogen and oxygen atoms in total. The van der Waals surface area contributed by atoms with Crippen molar-refractivity contribution in [2.24, 2.45) is 0 Å². The Kier molecular flexibility index (Phi) is 4.66. The van der Waals surface area contributed by atoms with Gasteiger partial charge in [0.15, 0.2) is 0 Å². The van der Waals surface area contributed by atoms with Gasteiger partial charge in [-0.2, -0.15) is 0 Å². The highest BCUT2D eigenvalue weighted by molar-refractivity contribution is 5.80. The highest BCUT2D eigenvalue weighted by atomic mass is 16.5. The molecule has 0 saturated carbocycles. The molecule has 0 atom stereocenters. The first-order valence-electron chi connectivity index (χ1n) is 8.95. The molecule has 3 aromatic heterocycles. The topological polar surface area (TPSA) is 77.7 Å². The van der Waals surface area contributed by atoms with Crippen LogP contribution < -0.4 is 20.0 Å². The lowest BCUT2D eigenvalue weighted by Crippen LogP contribution is -2.39. The summed E-state index contributed by atoms with van der Waals surface area (Å²) in [6.07, 6.45) is 5.00. The van der Waals surface area contributed by atoms with E-state index in [0.29, 0.717) is 16.8 Å². The Bertz CT molecular complexity index is 992. The zero-order valence-electron chi connectivity index (χ0n) is 15.3. The molecule has 1 aliphatic heterocycles. The Hall–Kier alpha value is -3.09. The summed E-state index contributed by atoms with van der Waals surface area (Å²) in [5.41, 5.74) is 1.28. The fraction of sp³-hybridized carbons (Fsp3) is 0.350. The van der Waals surface area contributed by atoms with Crippen LogP contribution in [-0.2, 0) is 0 Å². The molecule has 1 fully saturated rings. The minimum Gasteiger partial charge on any atom is -0.489 e. The van der Waals surface area contributed by atoms with Crippen molar-refractivity contribution in [3.8, 4) is 11.6 Å². The van der Waals surface area contributed by atoms with Gasteiger partial charge >= 0.3 is 5.63 Å². The molecular formula is C20H21N3O4. The summed E-state index contributed by atoms with van der Waals surface area (Å²) < 4.78 is 16.0. The van der Waals surface area contributed by atoms with Crippen molar-refractivity contribution in [2.75, 3.05) is 25.1 Å². The summed E-state index contributed by atoms with van der Waals surface area (Å²) in [6.45, 7) is 3.66. The number of rotatable bonds is 4. The second-order valence-electron chi connectivity index (χ2n) is 6.61. The van der Waals surface area contributed by atoms with Crippen molar-refractivity contribution in [3.63, 3.8) is 0 Å². The smallest absolute Gasteiger partial charge is 0.345 e. The Morgan fingerprint density at radius 2 is 2.04 bits per heavy atom. The SMILES string of the molecule is COc1ccc(OC2CCN(c3nc4ccoc(=O)c4cc3C)CC2)cn1. The van der Waals surface area contributed by atoms with Crippen LogP contribution in [0.5, 0.6) is 11.6 Å². The number of piperidine rings is 1. The van der Waals surface area contributed by atoms with Gasteiger partial charge in [-0.05, 0) is 24.6 Å². The third-order valence-electron chi connectivity index (χ3n) is 4.80. The van der Waals surface area contributed by atoms with E-state index in [1.807, 2.05) is 19.1 Å². The van der Waals surface area contributed by atoms with Crippen molar-refractivity contribution in [1.29, 1.82) is 0 Å². The number of hydrogen-bond donors (Lipinski definition) is 0. The second kappa shape index (κ2) is 7.26. The molecule has 27 heavy (non-hydrogen) atoms. The summed E-state index contributed by atoms with van der Waals surface area (Å²) in [7, 11) is 1.59. The zero-order chi connectivity index (χ0) is 18.8. The van der Waals surface area contributed by atoms with E-state index in [1.54, 1.807) is 25.4 Å². The molecule has 0 spiro atoms. The van der Waals surface area contributed by atoms with E-state index in [4.69, 9.17) is 13.9 Å². The molecule has 7 heteroatoms. The van der Waals surface area contributed by atoms with Crippen molar-refractivity contribution in [1.82, 2.24) is 9.97 Å². The minimum absolute atomic E-state index is 0.143. The van der Waals surface area contributed by atoms with E-state index in [1.165, 1.54) is 6.26 Å². The molecule has 3 aromatic rings. The molecule has 1 saturated heterocycles. The predicted octanol–water partition coefficient (Wildman–Crippen LogP) is 2.95. The lowest BCUT2D eigenvalue weighted by atomic mass is 10.1. The summed E-state index contributed by atoms with van der Waals surface area (Å²) in [5.74, 6) is 2.24. The van der Waals surface area contributed by atoms with Crippen LogP contribution in [0.4, 0.5) is 5.82 Å². The molecule has 0 radical (unpaired) electrons. The molecule has 0 N–H and O–H groups in total. The molecule has 4 rings (SSSR count). The van der Waals surface area contributed by atoms with E-state index in [-0.39, 0.29) is 11.7 Å². The van der Waals surface area contributed by atoms with E-state index < -0.39 is 0 Å². The Morgan fingerprint density at radius 3 is 2.74 bits per heavy atom. The number of aromatic nitrogens is 2. The first kappa shape index (κ1) is 17.3. The van der Waals surface area contributed by atoms with Crippen molar-refractivity contribution in [3.05, 3.63) is 52.7 Å². The van der Waals surface area contributed by atoms with E-state index in [2.05, 4.69) is 14.9 Å². The molecular weight excluding hydrogens is 346 g/mol. The van der Waals surface area contributed by atoms with Crippen LogP contribution in [0.25, 0.3) is 10.9 Å².